The van der Waals surface area contributed by atoms with E-state index in [4.69, 9.17) is 26.1 Å². The summed E-state index contributed by atoms with van der Waals surface area (Å²) in [7, 11) is 0. The number of benzene rings is 5. The average Bonchev–Trinajstić information content (AvgIpc) is 3.43. The lowest BCUT2D eigenvalue weighted by Crippen LogP contribution is -2.40. The fraction of sp³-hybridized carbons (Fsp3) is 0.125. The summed E-state index contributed by atoms with van der Waals surface area (Å²) in [6, 6.07) is 32.4. The van der Waals surface area contributed by atoms with Crippen molar-refractivity contribution in [3.8, 4) is 17.2 Å². The van der Waals surface area contributed by atoms with E-state index < -0.39 is 11.9 Å². The van der Waals surface area contributed by atoms with Crippen LogP contribution < -0.4 is 29.7 Å². The van der Waals surface area contributed by atoms with Gasteiger partial charge in [0.15, 0.2) is 16.3 Å². The Morgan fingerprint density at radius 2 is 1.72 bits per heavy atom. The summed E-state index contributed by atoms with van der Waals surface area (Å²) in [4.78, 5) is 33.8. The van der Waals surface area contributed by atoms with Crippen molar-refractivity contribution < 1.29 is 19.4 Å². The summed E-state index contributed by atoms with van der Waals surface area (Å²) >= 11 is 7.33. The first-order valence-corrected chi connectivity index (χ1v) is 17.2. The maximum atomic E-state index is 14.6. The molecule has 5 aromatic carbocycles. The summed E-state index contributed by atoms with van der Waals surface area (Å²) in [6.45, 7) is 4.21. The van der Waals surface area contributed by atoms with Crippen LogP contribution in [0.15, 0.2) is 130 Å². The van der Waals surface area contributed by atoms with Gasteiger partial charge in [-0.25, -0.2) is 4.99 Å². The molecular weight excluding hydrogens is 670 g/mol. The summed E-state index contributed by atoms with van der Waals surface area (Å²) < 4.78 is 14.0. The number of aromatic hydroxyl groups is 1. The largest absolute Gasteiger partial charge is 0.504 e. The highest BCUT2D eigenvalue weighted by molar-refractivity contribution is 7.07. The van der Waals surface area contributed by atoms with E-state index in [9.17, 15) is 14.7 Å². The van der Waals surface area contributed by atoms with Crippen molar-refractivity contribution in [2.75, 3.05) is 11.9 Å². The summed E-state index contributed by atoms with van der Waals surface area (Å²) in [5.74, 6) is 0.429. The van der Waals surface area contributed by atoms with Crippen molar-refractivity contribution in [3.63, 3.8) is 0 Å². The molecule has 0 spiro atoms. The number of amides is 1. The number of ether oxygens (including phenoxy) is 2. The fourth-order valence-electron chi connectivity index (χ4n) is 6.04. The Bertz CT molecular complexity index is 2450. The molecule has 0 fully saturated rings. The predicted molar refractivity (Wildman–Crippen MR) is 198 cm³/mol. The maximum Gasteiger partial charge on any atom is 0.271 e. The maximum absolute atomic E-state index is 14.6. The van der Waals surface area contributed by atoms with Crippen LogP contribution in [0, 0.1) is 0 Å². The SMILES string of the molecule is CCOc1cc([C@@H]2C(C(=O)Nc3ccccc3)=C(C)N=c3s/c(=C\c4c(OCc5ccc(Cl)cc5)ccc5ccccc45)c(=O)n32)ccc1O. The van der Waals surface area contributed by atoms with Gasteiger partial charge in [0.25, 0.3) is 11.5 Å². The second-order valence-corrected chi connectivity index (χ2v) is 13.1. The lowest BCUT2D eigenvalue weighted by molar-refractivity contribution is -0.113. The molecule has 1 aliphatic heterocycles. The van der Waals surface area contributed by atoms with Gasteiger partial charge in [-0.1, -0.05) is 89.7 Å². The highest BCUT2D eigenvalue weighted by Gasteiger charge is 2.33. The van der Waals surface area contributed by atoms with Crippen LogP contribution in [0.1, 0.15) is 36.6 Å². The number of aromatic nitrogens is 1. The van der Waals surface area contributed by atoms with Crippen LogP contribution in [0.5, 0.6) is 17.2 Å². The van der Waals surface area contributed by atoms with Gasteiger partial charge in [0.2, 0.25) is 0 Å². The smallest absolute Gasteiger partial charge is 0.271 e. The number of allylic oxidation sites excluding steroid dienone is 1. The normalized spacial score (nSPS) is 14.3. The number of carbonyl (C=O) groups excluding carboxylic acids is 1. The van der Waals surface area contributed by atoms with Crippen LogP contribution in [0.4, 0.5) is 5.69 Å². The molecule has 1 amide bonds. The number of phenolic OH excluding ortho intramolecular Hbond substituents is 1. The predicted octanol–water partition coefficient (Wildman–Crippen LogP) is 7.36. The molecule has 0 aliphatic carbocycles. The molecule has 1 aliphatic rings. The number of hydrogen-bond donors (Lipinski definition) is 2. The molecule has 0 unspecified atom stereocenters. The number of fused-ring (bicyclic) bond motifs is 2. The minimum Gasteiger partial charge on any atom is -0.504 e. The van der Waals surface area contributed by atoms with Gasteiger partial charge in [0.1, 0.15) is 12.4 Å². The minimum absolute atomic E-state index is 0.0407. The standard InChI is InChI=1S/C40H32ClN3O5S/c1-3-48-34-21-27(15-19-32(34)45)37-36(38(46)43-29-10-5-4-6-11-29)24(2)42-40-44(37)39(47)35(50-40)22-31-30-12-8-7-9-26(30)16-20-33(31)49-23-25-13-17-28(41)18-14-25/h4-22,37,45H,3,23H2,1-2H3,(H,43,46)/b35-22-/t37-/m1/s1. The van der Waals surface area contributed by atoms with Crippen LogP contribution >= 0.6 is 22.9 Å². The second kappa shape index (κ2) is 14.1. The first kappa shape index (κ1) is 32.9. The molecule has 0 radical (unpaired) electrons. The molecule has 7 rings (SSSR count). The minimum atomic E-state index is -0.856. The van der Waals surface area contributed by atoms with E-state index in [0.29, 0.717) is 55.8 Å². The lowest BCUT2D eigenvalue weighted by atomic mass is 9.94. The Morgan fingerprint density at radius 3 is 2.50 bits per heavy atom. The third-order valence-electron chi connectivity index (χ3n) is 8.41. The molecule has 1 aromatic heterocycles. The number of rotatable bonds is 9. The molecule has 2 heterocycles. The van der Waals surface area contributed by atoms with Gasteiger partial charge >= 0.3 is 0 Å². The van der Waals surface area contributed by atoms with Crippen LogP contribution in [-0.4, -0.2) is 22.2 Å². The molecule has 10 heteroatoms. The zero-order valence-electron chi connectivity index (χ0n) is 27.2. The van der Waals surface area contributed by atoms with Crippen LogP contribution in [0.3, 0.4) is 0 Å². The molecule has 250 valence electrons. The molecule has 6 aromatic rings. The van der Waals surface area contributed by atoms with Gasteiger partial charge in [-0.3, -0.25) is 14.2 Å². The number of nitrogens with one attached hydrogen (secondary N) is 1. The van der Waals surface area contributed by atoms with E-state index >= 15 is 0 Å². The van der Waals surface area contributed by atoms with E-state index in [2.05, 4.69) is 5.32 Å². The third kappa shape index (κ3) is 6.53. The number of phenols is 1. The molecule has 0 bridgehead atoms. The van der Waals surface area contributed by atoms with E-state index in [1.165, 1.54) is 17.4 Å². The molecule has 0 saturated heterocycles. The molecule has 1 atom stereocenters. The summed E-state index contributed by atoms with van der Waals surface area (Å²) in [5, 5.41) is 16.0. The number of carbonyl (C=O) groups is 1. The van der Waals surface area contributed by atoms with Crippen LogP contribution in [0.2, 0.25) is 5.02 Å². The number of para-hydroxylation sites is 1. The van der Waals surface area contributed by atoms with Crippen molar-refractivity contribution in [1.29, 1.82) is 0 Å². The average molecular weight is 702 g/mol. The Kier molecular flexibility index (Phi) is 9.25. The van der Waals surface area contributed by atoms with Gasteiger partial charge in [-0.05, 0) is 84.3 Å². The number of hydrogen-bond acceptors (Lipinski definition) is 7. The molecule has 50 heavy (non-hydrogen) atoms. The monoisotopic (exact) mass is 701 g/mol. The first-order valence-electron chi connectivity index (χ1n) is 16.0. The fourth-order valence-corrected chi connectivity index (χ4v) is 7.20. The lowest BCUT2D eigenvalue weighted by Gasteiger charge is -2.26. The van der Waals surface area contributed by atoms with Gasteiger partial charge < -0.3 is 19.9 Å². The number of nitrogens with zero attached hydrogens (tertiary/aromatic N) is 2. The summed E-state index contributed by atoms with van der Waals surface area (Å²) in [6.07, 6.45) is 1.84. The summed E-state index contributed by atoms with van der Waals surface area (Å²) in [5.41, 5.74) is 3.35. The zero-order chi connectivity index (χ0) is 34.8. The van der Waals surface area contributed by atoms with Crippen molar-refractivity contribution in [1.82, 2.24) is 4.57 Å². The highest BCUT2D eigenvalue weighted by Crippen LogP contribution is 2.36. The van der Waals surface area contributed by atoms with Gasteiger partial charge in [-0.2, -0.15) is 0 Å². The topological polar surface area (TPSA) is 102 Å². The zero-order valence-corrected chi connectivity index (χ0v) is 28.8. The van der Waals surface area contributed by atoms with Gasteiger partial charge in [0, 0.05) is 16.3 Å². The molecule has 8 nitrogen and oxygen atoms in total. The molecule has 2 N–H and O–H groups in total. The van der Waals surface area contributed by atoms with Crippen molar-refractivity contribution >= 4 is 51.4 Å². The molecule has 0 saturated carbocycles. The van der Waals surface area contributed by atoms with Gasteiger partial charge in [-0.15, -0.1) is 0 Å². The Hall–Kier alpha value is -5.64. The quantitative estimate of drug-likeness (QED) is 0.164. The van der Waals surface area contributed by atoms with Gasteiger partial charge in [0.05, 0.1) is 28.5 Å². The Labute approximate surface area is 296 Å². The number of halogens is 1. The van der Waals surface area contributed by atoms with Crippen molar-refractivity contribution in [2.45, 2.75) is 26.5 Å². The first-order chi connectivity index (χ1) is 24.3. The highest BCUT2D eigenvalue weighted by atomic mass is 35.5. The van der Waals surface area contributed by atoms with E-state index in [-0.39, 0.29) is 17.1 Å². The number of thiazole rings is 1. The Morgan fingerprint density at radius 1 is 0.960 bits per heavy atom. The van der Waals surface area contributed by atoms with Crippen LogP contribution in [0.25, 0.3) is 16.8 Å². The second-order valence-electron chi connectivity index (χ2n) is 11.7. The Balaban J connectivity index is 1.38. The number of anilines is 1. The van der Waals surface area contributed by atoms with Crippen LogP contribution in [-0.2, 0) is 11.4 Å². The molecular formula is C40H32ClN3O5S. The van der Waals surface area contributed by atoms with Crippen molar-refractivity contribution in [2.24, 2.45) is 4.99 Å². The third-order valence-corrected chi connectivity index (χ3v) is 9.65. The van der Waals surface area contributed by atoms with E-state index in [0.717, 1.165) is 21.9 Å². The van der Waals surface area contributed by atoms with E-state index in [1.807, 2.05) is 91.9 Å². The van der Waals surface area contributed by atoms with Crippen molar-refractivity contribution in [3.05, 3.63) is 162 Å². The van der Waals surface area contributed by atoms with E-state index in [1.54, 1.807) is 35.8 Å².